The second-order valence-electron chi connectivity index (χ2n) is 6.62. The first-order chi connectivity index (χ1) is 11.8. The van der Waals surface area contributed by atoms with Gasteiger partial charge in [0.25, 0.3) is 0 Å². The lowest BCUT2D eigenvalue weighted by atomic mass is 9.62. The van der Waals surface area contributed by atoms with Crippen LogP contribution in [0.5, 0.6) is 11.5 Å². The van der Waals surface area contributed by atoms with Crippen LogP contribution in [0, 0.1) is 0 Å². The Kier molecular flexibility index (Phi) is 5.41. The molecule has 0 spiro atoms. The normalized spacial score (nSPS) is 15.6. The molecule has 0 atom stereocenters. The Hall–Kier alpha value is -2.00. The molecule has 1 saturated carbocycles. The van der Waals surface area contributed by atoms with Crippen LogP contribution in [-0.2, 0) is 12.0 Å². The van der Waals surface area contributed by atoms with Crippen LogP contribution in [0.25, 0.3) is 0 Å². The Labute approximate surface area is 145 Å². The van der Waals surface area contributed by atoms with Crippen LogP contribution < -0.4 is 14.8 Å². The SMILES string of the molecule is COc1ccc(C2(CCNCc3ccccc3)CCC2)cc1OC. The number of nitrogens with one attached hydrogen (secondary N) is 1. The van der Waals surface area contributed by atoms with Crippen molar-refractivity contribution in [2.24, 2.45) is 0 Å². The van der Waals surface area contributed by atoms with E-state index in [0.717, 1.165) is 31.0 Å². The van der Waals surface area contributed by atoms with Crippen LogP contribution in [0.3, 0.4) is 0 Å². The molecule has 1 fully saturated rings. The molecule has 2 aromatic carbocycles. The van der Waals surface area contributed by atoms with E-state index < -0.39 is 0 Å². The molecule has 0 amide bonds. The first-order valence-corrected chi connectivity index (χ1v) is 8.74. The predicted octanol–water partition coefficient (Wildman–Crippen LogP) is 4.31. The van der Waals surface area contributed by atoms with E-state index in [1.807, 2.05) is 6.07 Å². The first kappa shape index (κ1) is 16.8. The van der Waals surface area contributed by atoms with Gasteiger partial charge in [0.1, 0.15) is 0 Å². The first-order valence-electron chi connectivity index (χ1n) is 8.74. The Morgan fingerprint density at radius 3 is 2.33 bits per heavy atom. The van der Waals surface area contributed by atoms with Crippen molar-refractivity contribution in [3.8, 4) is 11.5 Å². The maximum atomic E-state index is 5.48. The molecule has 3 rings (SSSR count). The molecular weight excluding hydrogens is 298 g/mol. The zero-order valence-corrected chi connectivity index (χ0v) is 14.7. The van der Waals surface area contributed by atoms with Crippen molar-refractivity contribution in [1.29, 1.82) is 0 Å². The van der Waals surface area contributed by atoms with Crippen LogP contribution in [0.1, 0.15) is 36.8 Å². The third-order valence-corrected chi connectivity index (χ3v) is 5.26. The molecule has 0 aliphatic heterocycles. The van der Waals surface area contributed by atoms with E-state index in [1.165, 1.54) is 30.4 Å². The molecule has 0 radical (unpaired) electrons. The molecule has 2 aromatic rings. The van der Waals surface area contributed by atoms with Crippen molar-refractivity contribution < 1.29 is 9.47 Å². The zero-order valence-electron chi connectivity index (χ0n) is 14.7. The summed E-state index contributed by atoms with van der Waals surface area (Å²) in [5.41, 5.74) is 3.02. The lowest BCUT2D eigenvalue weighted by molar-refractivity contribution is 0.222. The maximum Gasteiger partial charge on any atom is 0.161 e. The van der Waals surface area contributed by atoms with Gasteiger partial charge in [-0.05, 0) is 54.5 Å². The molecule has 1 aliphatic rings. The third-order valence-electron chi connectivity index (χ3n) is 5.26. The van der Waals surface area contributed by atoms with E-state index in [9.17, 15) is 0 Å². The van der Waals surface area contributed by atoms with Crippen molar-refractivity contribution in [2.45, 2.75) is 37.6 Å². The van der Waals surface area contributed by atoms with Crippen LogP contribution >= 0.6 is 0 Å². The van der Waals surface area contributed by atoms with Gasteiger partial charge in [0.15, 0.2) is 11.5 Å². The van der Waals surface area contributed by atoms with E-state index >= 15 is 0 Å². The predicted molar refractivity (Wildman–Crippen MR) is 97.8 cm³/mol. The standard InChI is InChI=1S/C21H27NO2/c1-23-19-10-9-18(15-20(19)24-2)21(11-6-12-21)13-14-22-16-17-7-4-3-5-8-17/h3-5,7-10,15,22H,6,11-14,16H2,1-2H3. The fraction of sp³-hybridized carbons (Fsp3) is 0.429. The highest BCUT2D eigenvalue weighted by molar-refractivity contribution is 5.45. The van der Waals surface area contributed by atoms with E-state index in [2.05, 4.69) is 47.8 Å². The molecule has 1 N–H and O–H groups in total. The van der Waals surface area contributed by atoms with E-state index in [-0.39, 0.29) is 0 Å². The van der Waals surface area contributed by atoms with Crippen LogP contribution in [0.15, 0.2) is 48.5 Å². The summed E-state index contributed by atoms with van der Waals surface area (Å²) < 4.78 is 10.8. The van der Waals surface area contributed by atoms with E-state index in [1.54, 1.807) is 14.2 Å². The van der Waals surface area contributed by atoms with Crippen LogP contribution in [0.2, 0.25) is 0 Å². The van der Waals surface area contributed by atoms with Gasteiger partial charge in [-0.1, -0.05) is 42.8 Å². The fourth-order valence-electron chi connectivity index (χ4n) is 3.61. The fourth-order valence-corrected chi connectivity index (χ4v) is 3.61. The molecule has 0 aromatic heterocycles. The van der Waals surface area contributed by atoms with Gasteiger partial charge in [0.2, 0.25) is 0 Å². The van der Waals surface area contributed by atoms with Crippen molar-refractivity contribution >= 4 is 0 Å². The largest absolute Gasteiger partial charge is 0.493 e. The summed E-state index contributed by atoms with van der Waals surface area (Å²) in [5, 5.41) is 3.59. The molecule has 128 valence electrons. The third kappa shape index (κ3) is 3.57. The number of benzene rings is 2. The molecule has 0 saturated heterocycles. The average molecular weight is 325 g/mol. The van der Waals surface area contributed by atoms with E-state index in [0.29, 0.717) is 5.41 Å². The summed E-state index contributed by atoms with van der Waals surface area (Å²) in [6.07, 6.45) is 4.99. The van der Waals surface area contributed by atoms with Crippen LogP contribution in [0.4, 0.5) is 0 Å². The molecule has 0 bridgehead atoms. The summed E-state index contributed by atoms with van der Waals surface area (Å²) in [5.74, 6) is 1.64. The minimum absolute atomic E-state index is 0.295. The highest BCUT2D eigenvalue weighted by atomic mass is 16.5. The van der Waals surface area contributed by atoms with Crippen molar-refractivity contribution in [3.63, 3.8) is 0 Å². The molecule has 3 heteroatoms. The lowest BCUT2D eigenvalue weighted by Crippen LogP contribution is -2.37. The van der Waals surface area contributed by atoms with Gasteiger partial charge >= 0.3 is 0 Å². The maximum absolute atomic E-state index is 5.48. The summed E-state index contributed by atoms with van der Waals surface area (Å²) in [6.45, 7) is 1.96. The Morgan fingerprint density at radius 2 is 1.71 bits per heavy atom. The number of ether oxygens (including phenoxy) is 2. The van der Waals surface area contributed by atoms with Crippen molar-refractivity contribution in [1.82, 2.24) is 5.32 Å². The smallest absolute Gasteiger partial charge is 0.161 e. The summed E-state index contributed by atoms with van der Waals surface area (Å²) >= 11 is 0. The Morgan fingerprint density at radius 1 is 0.958 bits per heavy atom. The average Bonchev–Trinajstić information content (AvgIpc) is 2.60. The number of hydrogen-bond donors (Lipinski definition) is 1. The van der Waals surface area contributed by atoms with Crippen LogP contribution in [-0.4, -0.2) is 20.8 Å². The van der Waals surface area contributed by atoms with Gasteiger partial charge in [-0.15, -0.1) is 0 Å². The number of methoxy groups -OCH3 is 2. The zero-order chi connectivity index (χ0) is 16.8. The van der Waals surface area contributed by atoms with Gasteiger partial charge in [-0.2, -0.15) is 0 Å². The second kappa shape index (κ2) is 7.71. The topological polar surface area (TPSA) is 30.5 Å². The van der Waals surface area contributed by atoms with Gasteiger partial charge < -0.3 is 14.8 Å². The monoisotopic (exact) mass is 325 g/mol. The highest BCUT2D eigenvalue weighted by Gasteiger charge is 2.38. The minimum atomic E-state index is 0.295. The molecule has 24 heavy (non-hydrogen) atoms. The van der Waals surface area contributed by atoms with E-state index in [4.69, 9.17) is 9.47 Å². The lowest BCUT2D eigenvalue weighted by Gasteiger charge is -2.43. The minimum Gasteiger partial charge on any atom is -0.493 e. The molecule has 0 unspecified atom stereocenters. The van der Waals surface area contributed by atoms with Crippen molar-refractivity contribution in [2.75, 3.05) is 20.8 Å². The molecule has 3 nitrogen and oxygen atoms in total. The van der Waals surface area contributed by atoms with Gasteiger partial charge in [-0.3, -0.25) is 0 Å². The number of rotatable bonds is 8. The summed E-state index contributed by atoms with van der Waals surface area (Å²) in [4.78, 5) is 0. The molecular formula is C21H27NO2. The summed E-state index contributed by atoms with van der Waals surface area (Å²) in [6, 6.07) is 17.0. The number of hydrogen-bond acceptors (Lipinski definition) is 3. The summed E-state index contributed by atoms with van der Waals surface area (Å²) in [7, 11) is 3.39. The van der Waals surface area contributed by atoms with Gasteiger partial charge in [0.05, 0.1) is 14.2 Å². The van der Waals surface area contributed by atoms with Gasteiger partial charge in [0, 0.05) is 6.54 Å². The Bertz CT molecular complexity index is 650. The quantitative estimate of drug-likeness (QED) is 0.734. The molecule has 0 heterocycles. The highest BCUT2D eigenvalue weighted by Crippen LogP contribution is 2.48. The van der Waals surface area contributed by atoms with Gasteiger partial charge in [-0.25, -0.2) is 0 Å². The van der Waals surface area contributed by atoms with Crippen molar-refractivity contribution in [3.05, 3.63) is 59.7 Å². The molecule has 1 aliphatic carbocycles. The second-order valence-corrected chi connectivity index (χ2v) is 6.62. The Balaban J connectivity index is 1.62.